The van der Waals surface area contributed by atoms with Gasteiger partial charge >= 0.3 is 0 Å². The van der Waals surface area contributed by atoms with Gasteiger partial charge in [0.15, 0.2) is 0 Å². The molecule has 2 rings (SSSR count). The maximum absolute atomic E-state index is 6.05. The Hall–Kier alpha value is -1.91. The summed E-state index contributed by atoms with van der Waals surface area (Å²) in [6.45, 7) is 2.73. The summed E-state index contributed by atoms with van der Waals surface area (Å²) in [5, 5.41) is 7.64. The molecule has 17 heavy (non-hydrogen) atoms. The van der Waals surface area contributed by atoms with Crippen LogP contribution in [0.1, 0.15) is 24.8 Å². The van der Waals surface area contributed by atoms with Crippen LogP contribution in [0.4, 0.5) is 11.5 Å². The Balaban J connectivity index is 2.10. The molecule has 3 N–H and O–H groups in total. The minimum atomic E-state index is 0.613. The smallest absolute Gasteiger partial charge is 0.148 e. The van der Waals surface area contributed by atoms with E-state index >= 15 is 0 Å². The molecule has 0 amide bonds. The zero-order chi connectivity index (χ0) is 12.3. The quantitative estimate of drug-likeness (QED) is 0.831. The molecule has 0 aliphatic rings. The molecule has 0 fully saturated rings. The number of nitrogens with two attached hydrogens (primary N) is 1. The lowest BCUT2D eigenvalue weighted by Gasteiger charge is -2.05. The normalized spacial score (nSPS) is 10.7. The topological polar surface area (TPSA) is 69.0 Å². The SMILES string of the molecule is CCCc1nn(C)c(NCc2ccco2)c1N. The summed E-state index contributed by atoms with van der Waals surface area (Å²) in [5.41, 5.74) is 7.75. The van der Waals surface area contributed by atoms with Crippen LogP contribution in [0.25, 0.3) is 0 Å². The lowest BCUT2D eigenvalue weighted by Crippen LogP contribution is -2.05. The molecule has 0 bridgehead atoms. The molecule has 0 saturated carbocycles. The number of anilines is 2. The van der Waals surface area contributed by atoms with E-state index in [2.05, 4.69) is 17.3 Å². The summed E-state index contributed by atoms with van der Waals surface area (Å²) in [4.78, 5) is 0. The van der Waals surface area contributed by atoms with E-state index in [1.165, 1.54) is 0 Å². The van der Waals surface area contributed by atoms with Crippen molar-refractivity contribution in [3.8, 4) is 0 Å². The van der Waals surface area contributed by atoms with E-state index in [-0.39, 0.29) is 0 Å². The third kappa shape index (κ3) is 2.43. The molecular weight excluding hydrogens is 216 g/mol. The average Bonchev–Trinajstić information content (AvgIpc) is 2.88. The van der Waals surface area contributed by atoms with Crippen molar-refractivity contribution in [2.24, 2.45) is 7.05 Å². The predicted molar refractivity (Wildman–Crippen MR) is 67.7 cm³/mol. The molecule has 0 aromatic carbocycles. The monoisotopic (exact) mass is 234 g/mol. The molecular formula is C12H18N4O. The number of rotatable bonds is 5. The van der Waals surface area contributed by atoms with Crippen molar-refractivity contribution in [2.45, 2.75) is 26.3 Å². The fraction of sp³-hybridized carbons (Fsp3) is 0.417. The Morgan fingerprint density at radius 1 is 1.53 bits per heavy atom. The zero-order valence-corrected chi connectivity index (χ0v) is 10.2. The molecule has 0 aliphatic carbocycles. The highest BCUT2D eigenvalue weighted by Crippen LogP contribution is 2.23. The van der Waals surface area contributed by atoms with Crippen molar-refractivity contribution < 1.29 is 4.42 Å². The van der Waals surface area contributed by atoms with Crippen LogP contribution in [-0.4, -0.2) is 9.78 Å². The summed E-state index contributed by atoms with van der Waals surface area (Å²) in [6, 6.07) is 3.79. The Morgan fingerprint density at radius 2 is 2.35 bits per heavy atom. The van der Waals surface area contributed by atoms with Crippen molar-refractivity contribution in [2.75, 3.05) is 11.1 Å². The van der Waals surface area contributed by atoms with Crippen molar-refractivity contribution in [3.63, 3.8) is 0 Å². The number of furan rings is 1. The molecule has 0 spiro atoms. The maximum Gasteiger partial charge on any atom is 0.148 e. The molecule has 5 nitrogen and oxygen atoms in total. The average molecular weight is 234 g/mol. The highest BCUT2D eigenvalue weighted by molar-refractivity contribution is 5.65. The zero-order valence-electron chi connectivity index (χ0n) is 10.2. The van der Waals surface area contributed by atoms with Gasteiger partial charge in [-0.25, -0.2) is 0 Å². The first kappa shape index (κ1) is 11.6. The largest absolute Gasteiger partial charge is 0.467 e. The van der Waals surface area contributed by atoms with Gasteiger partial charge in [0.25, 0.3) is 0 Å². The number of nitrogen functional groups attached to an aromatic ring is 1. The molecule has 2 aromatic rings. The van der Waals surface area contributed by atoms with Crippen molar-refractivity contribution in [3.05, 3.63) is 29.9 Å². The molecule has 2 aromatic heterocycles. The van der Waals surface area contributed by atoms with E-state index in [9.17, 15) is 0 Å². The van der Waals surface area contributed by atoms with E-state index in [0.29, 0.717) is 6.54 Å². The highest BCUT2D eigenvalue weighted by atomic mass is 16.3. The number of hydrogen-bond donors (Lipinski definition) is 2. The Morgan fingerprint density at radius 3 is 3.00 bits per heavy atom. The van der Waals surface area contributed by atoms with Crippen LogP contribution in [0.3, 0.4) is 0 Å². The van der Waals surface area contributed by atoms with Crippen LogP contribution in [0, 0.1) is 0 Å². The first-order valence-corrected chi connectivity index (χ1v) is 5.80. The van der Waals surface area contributed by atoms with Gasteiger partial charge in [-0.15, -0.1) is 0 Å². The van der Waals surface area contributed by atoms with E-state index < -0.39 is 0 Å². The molecule has 5 heteroatoms. The third-order valence-corrected chi connectivity index (χ3v) is 2.66. The Labute approximate surface area is 101 Å². The van der Waals surface area contributed by atoms with E-state index in [1.54, 1.807) is 10.9 Å². The van der Waals surface area contributed by atoms with E-state index in [4.69, 9.17) is 10.2 Å². The maximum atomic E-state index is 6.05. The number of nitrogens with zero attached hydrogens (tertiary/aromatic N) is 2. The molecule has 92 valence electrons. The van der Waals surface area contributed by atoms with E-state index in [1.807, 2.05) is 19.2 Å². The minimum Gasteiger partial charge on any atom is -0.467 e. The molecule has 2 heterocycles. The van der Waals surface area contributed by atoms with Gasteiger partial charge < -0.3 is 15.5 Å². The van der Waals surface area contributed by atoms with E-state index in [0.717, 1.165) is 35.8 Å². The first-order chi connectivity index (χ1) is 8.22. The van der Waals surface area contributed by atoms with Crippen LogP contribution in [0.5, 0.6) is 0 Å². The molecule has 0 radical (unpaired) electrons. The van der Waals surface area contributed by atoms with Gasteiger partial charge in [-0.05, 0) is 18.6 Å². The number of nitrogens with one attached hydrogen (secondary N) is 1. The third-order valence-electron chi connectivity index (χ3n) is 2.66. The molecule has 0 unspecified atom stereocenters. The summed E-state index contributed by atoms with van der Waals surface area (Å²) < 4.78 is 7.04. The highest BCUT2D eigenvalue weighted by Gasteiger charge is 2.12. The van der Waals surface area contributed by atoms with Gasteiger partial charge in [-0.3, -0.25) is 4.68 Å². The lowest BCUT2D eigenvalue weighted by atomic mass is 10.2. The second-order valence-electron chi connectivity index (χ2n) is 4.02. The van der Waals surface area contributed by atoms with Gasteiger partial charge in [-0.1, -0.05) is 13.3 Å². The minimum absolute atomic E-state index is 0.613. The van der Waals surface area contributed by atoms with Gasteiger partial charge in [0, 0.05) is 7.05 Å². The standard InChI is InChI=1S/C12H18N4O/c1-3-5-10-11(13)12(16(2)15-10)14-8-9-6-4-7-17-9/h4,6-7,14H,3,5,8,13H2,1-2H3. The number of hydrogen-bond acceptors (Lipinski definition) is 4. The van der Waals surface area contributed by atoms with Crippen molar-refractivity contribution in [1.82, 2.24) is 9.78 Å². The van der Waals surface area contributed by atoms with Crippen molar-refractivity contribution in [1.29, 1.82) is 0 Å². The Kier molecular flexibility index (Phi) is 3.37. The fourth-order valence-corrected chi connectivity index (χ4v) is 1.81. The molecule has 0 aliphatic heterocycles. The fourth-order valence-electron chi connectivity index (χ4n) is 1.81. The van der Waals surface area contributed by atoms with Gasteiger partial charge in [0.1, 0.15) is 11.6 Å². The van der Waals surface area contributed by atoms with Crippen LogP contribution in [-0.2, 0) is 20.0 Å². The Bertz CT molecular complexity index is 473. The summed E-state index contributed by atoms with van der Waals surface area (Å²) in [5.74, 6) is 1.73. The van der Waals surface area contributed by atoms with Crippen LogP contribution >= 0.6 is 0 Å². The number of aromatic nitrogens is 2. The van der Waals surface area contributed by atoms with Crippen molar-refractivity contribution >= 4 is 11.5 Å². The molecule has 0 atom stereocenters. The van der Waals surface area contributed by atoms with Gasteiger partial charge in [-0.2, -0.15) is 5.10 Å². The number of aryl methyl sites for hydroxylation is 2. The summed E-state index contributed by atoms with van der Waals surface area (Å²) in [7, 11) is 1.89. The predicted octanol–water partition coefficient (Wildman–Crippen LogP) is 2.16. The lowest BCUT2D eigenvalue weighted by molar-refractivity contribution is 0.517. The summed E-state index contributed by atoms with van der Waals surface area (Å²) >= 11 is 0. The van der Waals surface area contributed by atoms with Crippen LogP contribution in [0.2, 0.25) is 0 Å². The van der Waals surface area contributed by atoms with Crippen LogP contribution in [0.15, 0.2) is 22.8 Å². The second-order valence-corrected chi connectivity index (χ2v) is 4.02. The first-order valence-electron chi connectivity index (χ1n) is 5.80. The van der Waals surface area contributed by atoms with Gasteiger partial charge in [0.05, 0.1) is 24.2 Å². The van der Waals surface area contributed by atoms with Gasteiger partial charge in [0.2, 0.25) is 0 Å². The van der Waals surface area contributed by atoms with Crippen LogP contribution < -0.4 is 11.1 Å². The molecule has 0 saturated heterocycles. The second kappa shape index (κ2) is 4.95. The summed E-state index contributed by atoms with van der Waals surface area (Å²) in [6.07, 6.45) is 3.60.